The monoisotopic (exact) mass is 468 g/mol. The highest BCUT2D eigenvalue weighted by Crippen LogP contribution is 2.23. The Morgan fingerprint density at radius 1 is 1.06 bits per heavy atom. The van der Waals surface area contributed by atoms with Crippen LogP contribution in [0, 0.1) is 0 Å². The minimum atomic E-state index is -4.87. The average molecular weight is 468 g/mol. The minimum absolute atomic E-state index is 0.111. The molecule has 0 fully saturated rings. The number of halogens is 3. The molecule has 0 saturated carbocycles. The van der Waals surface area contributed by atoms with Gasteiger partial charge in [0.1, 0.15) is 5.75 Å². The third kappa shape index (κ3) is 6.82. The molecule has 1 amide bonds. The van der Waals surface area contributed by atoms with E-state index in [0.29, 0.717) is 0 Å². The number of rotatable bonds is 9. The maximum atomic E-state index is 12.2. The number of carbonyl (C=O) groups is 1. The lowest BCUT2D eigenvalue weighted by atomic mass is 10.2. The summed E-state index contributed by atoms with van der Waals surface area (Å²) in [4.78, 5) is 11.7. The minimum Gasteiger partial charge on any atom is -0.406 e. The van der Waals surface area contributed by atoms with Crippen LogP contribution < -0.4 is 14.8 Å². The van der Waals surface area contributed by atoms with Gasteiger partial charge in [-0.25, -0.2) is 17.8 Å². The molecule has 2 N–H and O–H groups in total. The third-order valence-electron chi connectivity index (χ3n) is 4.21. The highest BCUT2D eigenvalue weighted by atomic mass is 32.2. The Balaban J connectivity index is 1.43. The highest BCUT2D eigenvalue weighted by Gasteiger charge is 2.31. The van der Waals surface area contributed by atoms with Crippen molar-refractivity contribution >= 4 is 15.9 Å². The summed E-state index contributed by atoms with van der Waals surface area (Å²) in [7, 11) is -3.98. The Labute approximate surface area is 182 Å². The molecular formula is C20H19F3N4O4S. The van der Waals surface area contributed by atoms with Gasteiger partial charge in [0.05, 0.1) is 10.6 Å². The summed E-state index contributed by atoms with van der Waals surface area (Å²) in [5.41, 5.74) is 1.73. The van der Waals surface area contributed by atoms with Gasteiger partial charge in [0.15, 0.2) is 0 Å². The summed E-state index contributed by atoms with van der Waals surface area (Å²) in [6.07, 6.45) is -1.50. The van der Waals surface area contributed by atoms with Crippen LogP contribution in [0.25, 0.3) is 5.69 Å². The number of hydrogen-bond donors (Lipinski definition) is 2. The van der Waals surface area contributed by atoms with Crippen molar-refractivity contribution in [2.24, 2.45) is 0 Å². The van der Waals surface area contributed by atoms with Crippen LogP contribution in [0.15, 0.2) is 71.9 Å². The lowest BCUT2D eigenvalue weighted by Crippen LogP contribution is -2.30. The number of amides is 1. The number of benzene rings is 2. The van der Waals surface area contributed by atoms with Crippen LogP contribution in [0.3, 0.4) is 0 Å². The van der Waals surface area contributed by atoms with Gasteiger partial charge in [-0.1, -0.05) is 12.1 Å². The molecule has 12 heteroatoms. The zero-order valence-corrected chi connectivity index (χ0v) is 17.4. The van der Waals surface area contributed by atoms with Crippen LogP contribution in [0.4, 0.5) is 13.2 Å². The van der Waals surface area contributed by atoms with Gasteiger partial charge < -0.3 is 10.1 Å². The van der Waals surface area contributed by atoms with E-state index in [2.05, 4.69) is 19.9 Å². The maximum Gasteiger partial charge on any atom is 0.573 e. The Bertz CT molecular complexity index is 1130. The second-order valence-corrected chi connectivity index (χ2v) is 8.33. The molecule has 0 radical (unpaired) electrons. The van der Waals surface area contributed by atoms with Gasteiger partial charge in [0.2, 0.25) is 15.9 Å². The molecule has 0 bridgehead atoms. The van der Waals surface area contributed by atoms with Crippen molar-refractivity contribution in [1.82, 2.24) is 19.8 Å². The number of ether oxygens (including phenoxy) is 1. The van der Waals surface area contributed by atoms with Crippen molar-refractivity contribution in [3.63, 3.8) is 0 Å². The second kappa shape index (κ2) is 9.83. The van der Waals surface area contributed by atoms with Gasteiger partial charge in [-0.15, -0.1) is 13.2 Å². The van der Waals surface area contributed by atoms with Crippen molar-refractivity contribution in [1.29, 1.82) is 0 Å². The van der Waals surface area contributed by atoms with Crippen molar-refractivity contribution in [3.05, 3.63) is 72.6 Å². The molecule has 1 aromatic heterocycles. The fraction of sp³-hybridized carbons (Fsp3) is 0.200. The molecule has 1 heterocycles. The number of carbonyl (C=O) groups excluding carboxylic acids is 1. The van der Waals surface area contributed by atoms with Crippen LogP contribution in [0.2, 0.25) is 0 Å². The molecular weight excluding hydrogens is 449 g/mol. The summed E-state index contributed by atoms with van der Waals surface area (Å²) in [5, 5.41) is 6.81. The molecule has 32 heavy (non-hydrogen) atoms. The topological polar surface area (TPSA) is 102 Å². The summed E-state index contributed by atoms with van der Waals surface area (Å²) >= 11 is 0. The standard InChI is InChI=1S/C20H19F3N4O4S/c21-20(22,23)31-17-6-8-18(9-7-17)32(29,30)26-12-10-19(28)24-14-15-2-4-16(5-3-15)27-13-1-11-25-27/h1-9,11,13,26H,10,12,14H2,(H,24,28). The quantitative estimate of drug-likeness (QED) is 0.503. The van der Waals surface area contributed by atoms with Gasteiger partial charge in [-0.2, -0.15) is 5.10 Å². The zero-order chi connectivity index (χ0) is 23.2. The SMILES string of the molecule is O=C(CCNS(=O)(=O)c1ccc(OC(F)(F)F)cc1)NCc1ccc(-n2cccn2)cc1. The predicted molar refractivity (Wildman–Crippen MR) is 108 cm³/mol. The number of aromatic nitrogens is 2. The number of hydrogen-bond acceptors (Lipinski definition) is 5. The van der Waals surface area contributed by atoms with E-state index >= 15 is 0 Å². The average Bonchev–Trinajstić information content (AvgIpc) is 3.27. The van der Waals surface area contributed by atoms with Crippen LogP contribution in [0.1, 0.15) is 12.0 Å². The molecule has 0 spiro atoms. The van der Waals surface area contributed by atoms with E-state index in [1.54, 1.807) is 16.9 Å². The predicted octanol–water partition coefficient (Wildman–Crippen LogP) is 2.76. The Hall–Kier alpha value is -3.38. The van der Waals surface area contributed by atoms with Crippen molar-refractivity contribution < 1.29 is 31.1 Å². The van der Waals surface area contributed by atoms with Crippen LogP contribution in [-0.4, -0.2) is 37.0 Å². The first-order valence-corrected chi connectivity index (χ1v) is 10.8. The lowest BCUT2D eigenvalue weighted by Gasteiger charge is -2.10. The summed E-state index contributed by atoms with van der Waals surface area (Å²) in [6.45, 7) is 0.0961. The van der Waals surface area contributed by atoms with E-state index in [0.717, 1.165) is 35.5 Å². The van der Waals surface area contributed by atoms with E-state index in [1.165, 1.54) is 0 Å². The fourth-order valence-electron chi connectivity index (χ4n) is 2.68. The molecule has 0 aliphatic heterocycles. The van der Waals surface area contributed by atoms with E-state index in [1.807, 2.05) is 30.5 Å². The molecule has 2 aromatic carbocycles. The number of alkyl halides is 3. The Morgan fingerprint density at radius 2 is 1.75 bits per heavy atom. The number of nitrogens with one attached hydrogen (secondary N) is 2. The Kier molecular flexibility index (Phi) is 7.15. The fourth-order valence-corrected chi connectivity index (χ4v) is 3.71. The van der Waals surface area contributed by atoms with Crippen LogP contribution >= 0.6 is 0 Å². The van der Waals surface area contributed by atoms with E-state index < -0.39 is 22.1 Å². The van der Waals surface area contributed by atoms with Gasteiger partial charge in [-0.05, 0) is 48.0 Å². The molecule has 0 aliphatic rings. The van der Waals surface area contributed by atoms with Crippen molar-refractivity contribution in [3.8, 4) is 11.4 Å². The first-order chi connectivity index (χ1) is 15.1. The molecule has 0 saturated heterocycles. The van der Waals surface area contributed by atoms with Crippen molar-refractivity contribution in [2.75, 3.05) is 6.54 Å². The maximum absolute atomic E-state index is 12.2. The molecule has 3 aromatic rings. The van der Waals surface area contributed by atoms with E-state index in [-0.39, 0.29) is 30.3 Å². The molecule has 3 rings (SSSR count). The second-order valence-electron chi connectivity index (χ2n) is 6.56. The summed E-state index contributed by atoms with van der Waals surface area (Å²) in [6, 6.07) is 12.9. The number of nitrogens with zero attached hydrogens (tertiary/aromatic N) is 2. The van der Waals surface area contributed by atoms with Gasteiger partial charge in [0.25, 0.3) is 0 Å². The molecule has 170 valence electrons. The van der Waals surface area contributed by atoms with E-state index in [4.69, 9.17) is 0 Å². The summed E-state index contributed by atoms with van der Waals surface area (Å²) in [5.74, 6) is -0.897. The van der Waals surface area contributed by atoms with Gasteiger partial charge in [-0.3, -0.25) is 4.79 Å². The Morgan fingerprint density at radius 3 is 2.34 bits per heavy atom. The number of sulfonamides is 1. The lowest BCUT2D eigenvalue weighted by molar-refractivity contribution is -0.274. The van der Waals surface area contributed by atoms with Crippen molar-refractivity contribution in [2.45, 2.75) is 24.2 Å². The van der Waals surface area contributed by atoms with Gasteiger partial charge in [0, 0.05) is 31.9 Å². The largest absolute Gasteiger partial charge is 0.573 e. The first-order valence-electron chi connectivity index (χ1n) is 9.33. The van der Waals surface area contributed by atoms with Crippen LogP contribution in [-0.2, 0) is 21.4 Å². The summed E-state index contributed by atoms with van der Waals surface area (Å²) < 4.78 is 68.6. The highest BCUT2D eigenvalue weighted by molar-refractivity contribution is 7.89. The molecule has 0 aliphatic carbocycles. The first kappa shape index (κ1) is 23.3. The van der Waals surface area contributed by atoms with Crippen LogP contribution in [0.5, 0.6) is 5.75 Å². The third-order valence-corrected chi connectivity index (χ3v) is 5.68. The van der Waals surface area contributed by atoms with E-state index in [9.17, 15) is 26.4 Å². The van der Waals surface area contributed by atoms with Gasteiger partial charge >= 0.3 is 6.36 Å². The molecule has 0 unspecified atom stereocenters. The normalized spacial score (nSPS) is 11.8. The smallest absolute Gasteiger partial charge is 0.406 e. The molecule has 8 nitrogen and oxygen atoms in total. The zero-order valence-electron chi connectivity index (χ0n) is 16.5. The molecule has 0 atom stereocenters.